The number of carbonyl (C=O) groups is 1. The summed E-state index contributed by atoms with van der Waals surface area (Å²) in [6.07, 6.45) is 3.59. The summed E-state index contributed by atoms with van der Waals surface area (Å²) in [5.41, 5.74) is 3.60. The molecular formula is C18H17ClN4OS. The van der Waals surface area contributed by atoms with E-state index in [4.69, 9.17) is 16.7 Å². The monoisotopic (exact) mass is 372 g/mol. The van der Waals surface area contributed by atoms with Gasteiger partial charge in [-0.05, 0) is 48.2 Å². The van der Waals surface area contributed by atoms with Crippen molar-refractivity contribution in [2.24, 2.45) is 5.14 Å². The standard InChI is InChI=1S/C18H17ClN4OS/c1-12-4-2-3-5-13(12)8-18(24)22-15-6-7-16(17(9-15)25-20)23-11-14(19)10-21-23/h2-7,9-11H,8,20H2,1H3,(H,22,24). The van der Waals surface area contributed by atoms with Gasteiger partial charge in [-0.3, -0.25) is 9.93 Å². The molecule has 3 N–H and O–H groups in total. The zero-order chi connectivity index (χ0) is 17.8. The van der Waals surface area contributed by atoms with Gasteiger partial charge in [0.1, 0.15) is 0 Å². The Bertz CT molecular complexity index is 910. The van der Waals surface area contributed by atoms with E-state index in [1.54, 1.807) is 17.1 Å². The lowest BCUT2D eigenvalue weighted by Gasteiger charge is -2.11. The Kier molecular flexibility index (Phi) is 5.43. The predicted octanol–water partition coefficient (Wildman–Crippen LogP) is 3.98. The van der Waals surface area contributed by atoms with Crippen molar-refractivity contribution in [2.75, 3.05) is 5.32 Å². The molecule has 0 radical (unpaired) electrons. The van der Waals surface area contributed by atoms with E-state index < -0.39 is 0 Å². The first-order valence-electron chi connectivity index (χ1n) is 7.62. The molecule has 0 aliphatic heterocycles. The average Bonchev–Trinajstić information content (AvgIpc) is 3.03. The van der Waals surface area contributed by atoms with Crippen LogP contribution in [0.3, 0.4) is 0 Å². The van der Waals surface area contributed by atoms with E-state index in [0.717, 1.165) is 33.7 Å². The molecule has 1 aromatic heterocycles. The predicted molar refractivity (Wildman–Crippen MR) is 102 cm³/mol. The molecule has 0 saturated carbocycles. The Morgan fingerprint density at radius 2 is 2.12 bits per heavy atom. The molecule has 7 heteroatoms. The summed E-state index contributed by atoms with van der Waals surface area (Å²) >= 11 is 7.01. The fourth-order valence-corrected chi connectivity index (χ4v) is 3.11. The van der Waals surface area contributed by atoms with Crippen LogP contribution in [0.1, 0.15) is 11.1 Å². The number of aryl methyl sites for hydroxylation is 1. The van der Waals surface area contributed by atoms with E-state index in [1.165, 1.54) is 0 Å². The van der Waals surface area contributed by atoms with E-state index >= 15 is 0 Å². The quantitative estimate of drug-likeness (QED) is 0.664. The Balaban J connectivity index is 1.77. The third-order valence-corrected chi connectivity index (χ3v) is 4.56. The number of carbonyl (C=O) groups excluding carboxylic acids is 1. The van der Waals surface area contributed by atoms with Crippen LogP contribution in [-0.4, -0.2) is 15.7 Å². The number of nitrogens with two attached hydrogens (primary N) is 1. The molecule has 3 aromatic rings. The minimum atomic E-state index is -0.0721. The summed E-state index contributed by atoms with van der Waals surface area (Å²) in [6, 6.07) is 13.3. The Morgan fingerprint density at radius 3 is 2.80 bits per heavy atom. The highest BCUT2D eigenvalue weighted by Crippen LogP contribution is 2.26. The van der Waals surface area contributed by atoms with Crippen LogP contribution in [0.4, 0.5) is 5.69 Å². The topological polar surface area (TPSA) is 72.9 Å². The molecule has 0 atom stereocenters. The molecule has 0 fully saturated rings. The lowest BCUT2D eigenvalue weighted by Crippen LogP contribution is -2.15. The first kappa shape index (κ1) is 17.5. The molecular weight excluding hydrogens is 356 g/mol. The number of nitrogens with one attached hydrogen (secondary N) is 1. The summed E-state index contributed by atoms with van der Waals surface area (Å²) in [5, 5.41) is 13.4. The van der Waals surface area contributed by atoms with Gasteiger partial charge in [-0.15, -0.1) is 0 Å². The second kappa shape index (κ2) is 7.74. The van der Waals surface area contributed by atoms with E-state index in [9.17, 15) is 4.79 Å². The molecule has 0 saturated heterocycles. The molecule has 1 heterocycles. The molecule has 128 valence electrons. The SMILES string of the molecule is Cc1ccccc1CC(=O)Nc1ccc(-n2cc(Cl)cn2)c(SN)c1. The number of aromatic nitrogens is 2. The van der Waals surface area contributed by atoms with Crippen LogP contribution in [-0.2, 0) is 11.2 Å². The Morgan fingerprint density at radius 1 is 1.32 bits per heavy atom. The minimum absolute atomic E-state index is 0.0721. The highest BCUT2D eigenvalue weighted by molar-refractivity contribution is 7.97. The highest BCUT2D eigenvalue weighted by Gasteiger charge is 2.10. The summed E-state index contributed by atoms with van der Waals surface area (Å²) in [4.78, 5) is 13.1. The van der Waals surface area contributed by atoms with Crippen LogP contribution < -0.4 is 10.5 Å². The van der Waals surface area contributed by atoms with Gasteiger partial charge < -0.3 is 5.32 Å². The molecule has 5 nitrogen and oxygen atoms in total. The van der Waals surface area contributed by atoms with Crippen molar-refractivity contribution in [3.05, 3.63) is 71.0 Å². The number of rotatable bonds is 5. The number of nitrogens with zero attached hydrogens (tertiary/aromatic N) is 2. The van der Waals surface area contributed by atoms with Gasteiger partial charge in [0.25, 0.3) is 0 Å². The second-order valence-corrected chi connectivity index (χ2v) is 6.67. The fraction of sp³-hybridized carbons (Fsp3) is 0.111. The first-order chi connectivity index (χ1) is 12.1. The van der Waals surface area contributed by atoms with Gasteiger partial charge in [-0.25, -0.2) is 4.68 Å². The van der Waals surface area contributed by atoms with Crippen molar-refractivity contribution < 1.29 is 4.79 Å². The van der Waals surface area contributed by atoms with E-state index in [1.807, 2.05) is 49.4 Å². The van der Waals surface area contributed by atoms with Crippen molar-refractivity contribution in [1.29, 1.82) is 0 Å². The number of hydrogen-bond donors (Lipinski definition) is 2. The molecule has 25 heavy (non-hydrogen) atoms. The van der Waals surface area contributed by atoms with Gasteiger partial charge >= 0.3 is 0 Å². The third-order valence-electron chi connectivity index (χ3n) is 3.78. The van der Waals surface area contributed by atoms with Crippen molar-refractivity contribution in [2.45, 2.75) is 18.2 Å². The largest absolute Gasteiger partial charge is 0.326 e. The molecule has 0 bridgehead atoms. The maximum absolute atomic E-state index is 12.3. The maximum Gasteiger partial charge on any atom is 0.228 e. The minimum Gasteiger partial charge on any atom is -0.326 e. The highest BCUT2D eigenvalue weighted by atomic mass is 35.5. The summed E-state index contributed by atoms with van der Waals surface area (Å²) < 4.78 is 1.65. The van der Waals surface area contributed by atoms with Gasteiger partial charge in [0.2, 0.25) is 5.91 Å². The van der Waals surface area contributed by atoms with Gasteiger partial charge in [0, 0.05) is 11.9 Å². The van der Waals surface area contributed by atoms with Gasteiger partial charge in [0.05, 0.1) is 28.2 Å². The van der Waals surface area contributed by atoms with Crippen LogP contribution in [0.15, 0.2) is 59.8 Å². The number of hydrogen-bond acceptors (Lipinski definition) is 4. The Hall–Kier alpha value is -2.28. The van der Waals surface area contributed by atoms with Crippen molar-refractivity contribution >= 4 is 35.1 Å². The first-order valence-corrected chi connectivity index (χ1v) is 8.88. The summed E-state index contributed by atoms with van der Waals surface area (Å²) in [7, 11) is 0. The lowest BCUT2D eigenvalue weighted by molar-refractivity contribution is -0.115. The van der Waals surface area contributed by atoms with Crippen molar-refractivity contribution in [3.8, 4) is 5.69 Å². The number of amides is 1. The average molecular weight is 373 g/mol. The zero-order valence-corrected chi connectivity index (χ0v) is 15.1. The molecule has 3 rings (SSSR count). The van der Waals surface area contributed by atoms with E-state index in [-0.39, 0.29) is 5.91 Å². The number of halogens is 1. The smallest absolute Gasteiger partial charge is 0.228 e. The van der Waals surface area contributed by atoms with Crippen LogP contribution in [0, 0.1) is 6.92 Å². The number of benzene rings is 2. The second-order valence-electron chi connectivity index (χ2n) is 5.55. The van der Waals surface area contributed by atoms with Crippen molar-refractivity contribution in [1.82, 2.24) is 9.78 Å². The fourth-order valence-electron chi connectivity index (χ4n) is 2.49. The normalized spacial score (nSPS) is 10.7. The number of anilines is 1. The van der Waals surface area contributed by atoms with Crippen LogP contribution in [0.5, 0.6) is 0 Å². The van der Waals surface area contributed by atoms with Gasteiger partial charge in [-0.2, -0.15) is 5.10 Å². The Labute approximate surface area is 155 Å². The molecule has 1 amide bonds. The van der Waals surface area contributed by atoms with E-state index in [2.05, 4.69) is 10.4 Å². The van der Waals surface area contributed by atoms with E-state index in [0.29, 0.717) is 17.1 Å². The van der Waals surface area contributed by atoms with Gasteiger partial charge in [0.15, 0.2) is 0 Å². The van der Waals surface area contributed by atoms with Crippen LogP contribution >= 0.6 is 23.5 Å². The lowest BCUT2D eigenvalue weighted by atomic mass is 10.1. The van der Waals surface area contributed by atoms with Crippen molar-refractivity contribution in [3.63, 3.8) is 0 Å². The molecule has 0 aliphatic rings. The maximum atomic E-state index is 12.3. The summed E-state index contributed by atoms with van der Waals surface area (Å²) in [5.74, 6) is -0.0721. The molecule has 2 aromatic carbocycles. The van der Waals surface area contributed by atoms with Crippen LogP contribution in [0.2, 0.25) is 5.02 Å². The summed E-state index contributed by atoms with van der Waals surface area (Å²) in [6.45, 7) is 2.00. The van der Waals surface area contributed by atoms with Crippen LogP contribution in [0.25, 0.3) is 5.69 Å². The molecule has 0 unspecified atom stereocenters. The third kappa shape index (κ3) is 4.22. The molecule has 0 spiro atoms. The van der Waals surface area contributed by atoms with Gasteiger partial charge in [-0.1, -0.05) is 35.9 Å². The molecule has 0 aliphatic carbocycles. The zero-order valence-electron chi connectivity index (χ0n) is 13.6.